The summed E-state index contributed by atoms with van der Waals surface area (Å²) in [6.07, 6.45) is 2.00. The van der Waals surface area contributed by atoms with Gasteiger partial charge in [0.15, 0.2) is 0 Å². The fraction of sp³-hybridized carbons (Fsp3) is 0.867. The third-order valence-electron chi connectivity index (χ3n) is 2.91. The molecule has 0 aliphatic carbocycles. The SMILES string of the molecule is CCOC(=O)C(C(=O)NCCCC(C)C)C(C)(C)C. The number of rotatable bonds is 7. The van der Waals surface area contributed by atoms with E-state index in [1.54, 1.807) is 6.92 Å². The predicted molar refractivity (Wildman–Crippen MR) is 76.7 cm³/mol. The van der Waals surface area contributed by atoms with Crippen LogP contribution in [0.25, 0.3) is 0 Å². The maximum atomic E-state index is 12.1. The van der Waals surface area contributed by atoms with E-state index in [0.717, 1.165) is 12.8 Å². The molecule has 0 heterocycles. The normalized spacial score (nSPS) is 13.2. The number of carbonyl (C=O) groups is 2. The third-order valence-corrected chi connectivity index (χ3v) is 2.91. The highest BCUT2D eigenvalue weighted by Gasteiger charge is 2.38. The molecule has 0 aromatic carbocycles. The van der Waals surface area contributed by atoms with E-state index in [2.05, 4.69) is 19.2 Å². The van der Waals surface area contributed by atoms with Crippen LogP contribution in [0.1, 0.15) is 54.4 Å². The lowest BCUT2D eigenvalue weighted by Crippen LogP contribution is -2.43. The molecule has 0 aromatic rings. The quantitative estimate of drug-likeness (QED) is 0.440. The van der Waals surface area contributed by atoms with Crippen LogP contribution in [0, 0.1) is 17.3 Å². The Morgan fingerprint density at radius 1 is 1.21 bits per heavy atom. The van der Waals surface area contributed by atoms with Crippen molar-refractivity contribution in [2.45, 2.75) is 54.4 Å². The van der Waals surface area contributed by atoms with Gasteiger partial charge in [0.25, 0.3) is 0 Å². The number of hydrogen-bond donors (Lipinski definition) is 1. The lowest BCUT2D eigenvalue weighted by molar-refractivity contribution is -0.156. The van der Waals surface area contributed by atoms with Gasteiger partial charge in [-0.25, -0.2) is 0 Å². The topological polar surface area (TPSA) is 55.4 Å². The van der Waals surface area contributed by atoms with E-state index in [4.69, 9.17) is 4.74 Å². The van der Waals surface area contributed by atoms with Crippen molar-refractivity contribution < 1.29 is 14.3 Å². The minimum atomic E-state index is -0.744. The average molecular weight is 271 g/mol. The standard InChI is InChI=1S/C15H29NO3/c1-7-19-14(18)12(15(4,5)6)13(17)16-10-8-9-11(2)3/h11-12H,7-10H2,1-6H3,(H,16,17). The van der Waals surface area contributed by atoms with E-state index in [1.165, 1.54) is 0 Å². The summed E-state index contributed by atoms with van der Waals surface area (Å²) in [4.78, 5) is 24.0. The summed E-state index contributed by atoms with van der Waals surface area (Å²) in [5, 5.41) is 2.84. The van der Waals surface area contributed by atoms with Crippen molar-refractivity contribution >= 4 is 11.9 Å². The van der Waals surface area contributed by atoms with Crippen LogP contribution in [-0.4, -0.2) is 25.0 Å². The highest BCUT2D eigenvalue weighted by Crippen LogP contribution is 2.27. The molecule has 1 atom stereocenters. The molecule has 0 aliphatic heterocycles. The maximum Gasteiger partial charge on any atom is 0.319 e. The molecule has 19 heavy (non-hydrogen) atoms. The molecule has 0 saturated heterocycles. The first-order valence-electron chi connectivity index (χ1n) is 7.14. The molecule has 0 aromatic heterocycles. The van der Waals surface area contributed by atoms with Gasteiger partial charge in [0, 0.05) is 6.54 Å². The number of ether oxygens (including phenoxy) is 1. The van der Waals surface area contributed by atoms with Crippen LogP contribution in [0.3, 0.4) is 0 Å². The first-order chi connectivity index (χ1) is 8.70. The van der Waals surface area contributed by atoms with Crippen molar-refractivity contribution in [1.29, 1.82) is 0 Å². The monoisotopic (exact) mass is 271 g/mol. The molecule has 0 fully saturated rings. The van der Waals surface area contributed by atoms with Gasteiger partial charge in [-0.15, -0.1) is 0 Å². The number of amides is 1. The Bertz CT molecular complexity index is 292. The summed E-state index contributed by atoms with van der Waals surface area (Å²) in [7, 11) is 0. The molecular formula is C15H29NO3. The summed E-state index contributed by atoms with van der Waals surface area (Å²) in [5.74, 6) is -0.780. The van der Waals surface area contributed by atoms with Gasteiger partial charge in [-0.2, -0.15) is 0 Å². The zero-order chi connectivity index (χ0) is 15.1. The zero-order valence-corrected chi connectivity index (χ0v) is 13.2. The van der Waals surface area contributed by atoms with E-state index in [9.17, 15) is 9.59 Å². The van der Waals surface area contributed by atoms with Gasteiger partial charge in [-0.05, 0) is 31.1 Å². The smallest absolute Gasteiger partial charge is 0.319 e. The van der Waals surface area contributed by atoms with Crippen LogP contribution in [0.5, 0.6) is 0 Å². The van der Waals surface area contributed by atoms with Gasteiger partial charge in [0.2, 0.25) is 5.91 Å². The average Bonchev–Trinajstić information content (AvgIpc) is 2.22. The Labute approximate surface area is 117 Å². The van der Waals surface area contributed by atoms with Crippen LogP contribution in [0.2, 0.25) is 0 Å². The van der Waals surface area contributed by atoms with Crippen molar-refractivity contribution in [2.24, 2.45) is 17.3 Å². The largest absolute Gasteiger partial charge is 0.465 e. The molecular weight excluding hydrogens is 242 g/mol. The van der Waals surface area contributed by atoms with Gasteiger partial charge in [-0.3, -0.25) is 9.59 Å². The van der Waals surface area contributed by atoms with E-state index < -0.39 is 17.3 Å². The predicted octanol–water partition coefficient (Wildman–Crippen LogP) is 2.76. The Hall–Kier alpha value is -1.06. The second-order valence-corrected chi connectivity index (χ2v) is 6.38. The molecule has 0 radical (unpaired) electrons. The lowest BCUT2D eigenvalue weighted by atomic mass is 9.80. The van der Waals surface area contributed by atoms with Crippen LogP contribution >= 0.6 is 0 Å². The van der Waals surface area contributed by atoms with Gasteiger partial charge in [-0.1, -0.05) is 34.6 Å². The number of hydrogen-bond acceptors (Lipinski definition) is 3. The van der Waals surface area contributed by atoms with Gasteiger partial charge < -0.3 is 10.1 Å². The summed E-state index contributed by atoms with van der Waals surface area (Å²) >= 11 is 0. The van der Waals surface area contributed by atoms with Gasteiger partial charge >= 0.3 is 5.97 Å². The molecule has 112 valence electrons. The molecule has 1 N–H and O–H groups in total. The van der Waals surface area contributed by atoms with Crippen molar-refractivity contribution in [3.8, 4) is 0 Å². The molecule has 4 nitrogen and oxygen atoms in total. The Kier molecular flexibility index (Phi) is 7.72. The van der Waals surface area contributed by atoms with Crippen LogP contribution in [-0.2, 0) is 14.3 Å². The van der Waals surface area contributed by atoms with Crippen molar-refractivity contribution in [2.75, 3.05) is 13.2 Å². The first kappa shape index (κ1) is 17.9. The molecule has 1 amide bonds. The van der Waals surface area contributed by atoms with Crippen molar-refractivity contribution in [3.05, 3.63) is 0 Å². The fourth-order valence-electron chi connectivity index (χ4n) is 1.90. The Balaban J connectivity index is 4.45. The van der Waals surface area contributed by atoms with Crippen LogP contribution < -0.4 is 5.32 Å². The molecule has 0 spiro atoms. The number of esters is 1. The van der Waals surface area contributed by atoms with E-state index in [1.807, 2.05) is 20.8 Å². The number of nitrogens with one attached hydrogen (secondary N) is 1. The van der Waals surface area contributed by atoms with Crippen molar-refractivity contribution in [3.63, 3.8) is 0 Å². The highest BCUT2D eigenvalue weighted by molar-refractivity contribution is 5.98. The molecule has 1 unspecified atom stereocenters. The van der Waals surface area contributed by atoms with Crippen LogP contribution in [0.15, 0.2) is 0 Å². The molecule has 0 saturated carbocycles. The Morgan fingerprint density at radius 2 is 1.79 bits per heavy atom. The fourth-order valence-corrected chi connectivity index (χ4v) is 1.90. The van der Waals surface area contributed by atoms with Gasteiger partial charge in [0.1, 0.15) is 5.92 Å². The van der Waals surface area contributed by atoms with E-state index in [-0.39, 0.29) is 5.91 Å². The summed E-state index contributed by atoms with van der Waals surface area (Å²) in [5.41, 5.74) is -0.436. The highest BCUT2D eigenvalue weighted by atomic mass is 16.5. The second-order valence-electron chi connectivity index (χ2n) is 6.38. The minimum Gasteiger partial charge on any atom is -0.465 e. The first-order valence-corrected chi connectivity index (χ1v) is 7.14. The summed E-state index contributed by atoms with van der Waals surface area (Å²) in [6.45, 7) is 12.6. The molecule has 4 heteroatoms. The minimum absolute atomic E-state index is 0.227. The van der Waals surface area contributed by atoms with Crippen molar-refractivity contribution in [1.82, 2.24) is 5.32 Å². The lowest BCUT2D eigenvalue weighted by Gasteiger charge is -2.27. The summed E-state index contributed by atoms with van der Waals surface area (Å²) < 4.78 is 5.00. The van der Waals surface area contributed by atoms with Crippen LogP contribution in [0.4, 0.5) is 0 Å². The Morgan fingerprint density at radius 3 is 2.21 bits per heavy atom. The molecule has 0 aliphatic rings. The van der Waals surface area contributed by atoms with E-state index in [0.29, 0.717) is 19.1 Å². The zero-order valence-electron chi connectivity index (χ0n) is 13.2. The number of carbonyl (C=O) groups excluding carboxylic acids is 2. The van der Waals surface area contributed by atoms with Gasteiger partial charge in [0.05, 0.1) is 6.61 Å². The molecule has 0 rings (SSSR count). The maximum absolute atomic E-state index is 12.1. The molecule has 0 bridgehead atoms. The third kappa shape index (κ3) is 7.19. The van der Waals surface area contributed by atoms with E-state index >= 15 is 0 Å². The summed E-state index contributed by atoms with van der Waals surface area (Å²) in [6, 6.07) is 0. The second kappa shape index (κ2) is 8.18.